The number of rotatable bonds is 2. The minimum absolute atomic E-state index is 0.136. The number of carboxylic acid groups (broad SMARTS) is 2. The van der Waals surface area contributed by atoms with Gasteiger partial charge in [0.2, 0.25) is 0 Å². The van der Waals surface area contributed by atoms with E-state index in [1.165, 1.54) is 7.05 Å². The molecule has 13 heavy (non-hydrogen) atoms. The van der Waals surface area contributed by atoms with Crippen LogP contribution in [0.2, 0.25) is 0 Å². The lowest BCUT2D eigenvalue weighted by Gasteiger charge is -1.91. The summed E-state index contributed by atoms with van der Waals surface area (Å²) in [6.45, 7) is 0. The number of nitrogens with zero attached hydrogens (tertiary/aromatic N) is 2. The maximum absolute atomic E-state index is 10.6. The normalized spacial score (nSPS) is 10.0. The van der Waals surface area contributed by atoms with E-state index in [9.17, 15) is 9.59 Å². The number of hydrogen-bond donors (Lipinski definition) is 2. The molecule has 0 unspecified atom stereocenters. The van der Waals surface area contributed by atoms with Gasteiger partial charge in [-0.15, -0.1) is 0 Å². The predicted octanol–water partition coefficient (Wildman–Crippen LogP) is 0.579. The van der Waals surface area contributed by atoms with Crippen LogP contribution in [0.25, 0.3) is 0 Å². The molecule has 1 heterocycles. The van der Waals surface area contributed by atoms with E-state index in [2.05, 4.69) is 21.0 Å². The maximum atomic E-state index is 10.6. The van der Waals surface area contributed by atoms with E-state index in [4.69, 9.17) is 10.2 Å². The summed E-state index contributed by atoms with van der Waals surface area (Å²) in [5.41, 5.74) is -0.808. The molecule has 0 aromatic carbocycles. The van der Waals surface area contributed by atoms with Gasteiger partial charge in [0.25, 0.3) is 0 Å². The van der Waals surface area contributed by atoms with Crippen molar-refractivity contribution in [2.45, 2.75) is 0 Å². The molecule has 0 aliphatic carbocycles. The van der Waals surface area contributed by atoms with E-state index in [0.29, 0.717) is 0 Å². The highest BCUT2D eigenvalue weighted by atomic mass is 79.9. The van der Waals surface area contributed by atoms with Crippen LogP contribution in [0.4, 0.5) is 0 Å². The summed E-state index contributed by atoms with van der Waals surface area (Å²) in [4.78, 5) is 21.1. The highest BCUT2D eigenvalue weighted by Crippen LogP contribution is 2.19. The summed E-state index contributed by atoms with van der Waals surface area (Å²) in [7, 11) is 1.45. The van der Waals surface area contributed by atoms with Gasteiger partial charge in [0.15, 0.2) is 5.69 Å². The number of carboxylic acids is 2. The molecule has 6 nitrogen and oxygen atoms in total. The Hall–Kier alpha value is -1.37. The summed E-state index contributed by atoms with van der Waals surface area (Å²) >= 11 is 2.93. The van der Waals surface area contributed by atoms with Crippen LogP contribution in [-0.4, -0.2) is 31.9 Å². The van der Waals surface area contributed by atoms with Crippen molar-refractivity contribution in [3.63, 3.8) is 0 Å². The lowest BCUT2D eigenvalue weighted by atomic mass is 10.2. The number of aromatic carboxylic acids is 2. The van der Waals surface area contributed by atoms with Crippen LogP contribution in [0.3, 0.4) is 0 Å². The Kier molecular flexibility index (Phi) is 2.37. The lowest BCUT2D eigenvalue weighted by Crippen LogP contribution is -2.06. The van der Waals surface area contributed by atoms with E-state index in [1.807, 2.05) is 0 Å². The van der Waals surface area contributed by atoms with Crippen LogP contribution in [0.1, 0.15) is 20.8 Å². The first-order valence-corrected chi connectivity index (χ1v) is 3.93. The minimum Gasteiger partial charge on any atom is -0.478 e. The Morgan fingerprint density at radius 3 is 2.23 bits per heavy atom. The Balaban J connectivity index is 3.44. The lowest BCUT2D eigenvalue weighted by molar-refractivity contribution is 0.0647. The summed E-state index contributed by atoms with van der Waals surface area (Å²) in [6, 6.07) is 0. The molecule has 0 spiro atoms. The molecular formula is C6H5BrN2O4. The Bertz CT molecular complexity index is 384. The van der Waals surface area contributed by atoms with Crippen LogP contribution in [0, 0.1) is 0 Å². The maximum Gasteiger partial charge on any atom is 0.357 e. The van der Waals surface area contributed by atoms with E-state index in [-0.39, 0.29) is 10.2 Å². The summed E-state index contributed by atoms with van der Waals surface area (Å²) in [5.74, 6) is -2.68. The van der Waals surface area contributed by atoms with Crippen molar-refractivity contribution in [3.05, 3.63) is 15.9 Å². The van der Waals surface area contributed by atoms with Crippen LogP contribution in [0.5, 0.6) is 0 Å². The molecule has 0 aliphatic heterocycles. The second-order valence-electron chi connectivity index (χ2n) is 2.25. The smallest absolute Gasteiger partial charge is 0.357 e. The highest BCUT2D eigenvalue weighted by molar-refractivity contribution is 9.10. The number of aryl methyl sites for hydroxylation is 1. The topological polar surface area (TPSA) is 92.4 Å². The third kappa shape index (κ3) is 1.55. The van der Waals surface area contributed by atoms with Crippen molar-refractivity contribution in [1.82, 2.24) is 9.78 Å². The molecule has 1 aromatic heterocycles. The molecule has 2 N–H and O–H groups in total. The summed E-state index contributed by atoms with van der Waals surface area (Å²) in [6.07, 6.45) is 0. The molecule has 1 rings (SSSR count). The number of hydrogen-bond acceptors (Lipinski definition) is 3. The molecule has 0 amide bonds. The fourth-order valence-corrected chi connectivity index (χ4v) is 1.28. The predicted molar refractivity (Wildman–Crippen MR) is 44.8 cm³/mol. The van der Waals surface area contributed by atoms with E-state index >= 15 is 0 Å². The number of aromatic nitrogens is 2. The van der Waals surface area contributed by atoms with E-state index in [0.717, 1.165) is 4.68 Å². The van der Waals surface area contributed by atoms with Gasteiger partial charge >= 0.3 is 11.9 Å². The molecule has 7 heteroatoms. The first kappa shape index (κ1) is 9.72. The van der Waals surface area contributed by atoms with Crippen molar-refractivity contribution in [2.75, 3.05) is 0 Å². The minimum atomic E-state index is -1.36. The zero-order chi connectivity index (χ0) is 10.2. The first-order valence-electron chi connectivity index (χ1n) is 3.14. The standard InChI is InChI=1S/C6H5BrN2O4/c1-9-4(7)2(5(10)11)3(8-9)6(12)13/h1H3,(H,10,11)(H,12,13). The number of carbonyl (C=O) groups is 2. The van der Waals surface area contributed by atoms with E-state index in [1.54, 1.807) is 0 Å². The molecule has 1 aromatic rings. The van der Waals surface area contributed by atoms with Crippen molar-refractivity contribution >= 4 is 27.9 Å². The second-order valence-corrected chi connectivity index (χ2v) is 3.00. The van der Waals surface area contributed by atoms with Gasteiger partial charge in [-0.2, -0.15) is 5.10 Å². The van der Waals surface area contributed by atoms with Gasteiger partial charge in [0.05, 0.1) is 0 Å². The van der Waals surface area contributed by atoms with Gasteiger partial charge in [-0.25, -0.2) is 9.59 Å². The average molecular weight is 249 g/mol. The highest BCUT2D eigenvalue weighted by Gasteiger charge is 2.24. The fraction of sp³-hybridized carbons (Fsp3) is 0.167. The van der Waals surface area contributed by atoms with Crippen molar-refractivity contribution < 1.29 is 19.8 Å². The SMILES string of the molecule is Cn1nc(C(=O)O)c(C(=O)O)c1Br. The van der Waals surface area contributed by atoms with Crippen LogP contribution in [0.15, 0.2) is 4.60 Å². The average Bonchev–Trinajstić information content (AvgIpc) is 2.28. The fourth-order valence-electron chi connectivity index (χ4n) is 0.843. The summed E-state index contributed by atoms with van der Waals surface area (Å²) < 4.78 is 1.28. The number of halogens is 1. The Labute approximate surface area is 80.9 Å². The van der Waals surface area contributed by atoms with Gasteiger partial charge in [-0.3, -0.25) is 4.68 Å². The molecule has 0 saturated carbocycles. The van der Waals surface area contributed by atoms with E-state index < -0.39 is 17.6 Å². The molecule has 0 saturated heterocycles. The summed E-state index contributed by atoms with van der Waals surface area (Å²) in [5, 5.41) is 20.8. The molecule has 0 atom stereocenters. The van der Waals surface area contributed by atoms with Crippen molar-refractivity contribution in [1.29, 1.82) is 0 Å². The monoisotopic (exact) mass is 248 g/mol. The quantitative estimate of drug-likeness (QED) is 0.799. The zero-order valence-corrected chi connectivity index (χ0v) is 8.07. The Morgan fingerprint density at radius 1 is 1.38 bits per heavy atom. The molecule has 70 valence electrons. The van der Waals surface area contributed by atoms with Crippen LogP contribution < -0.4 is 0 Å². The third-order valence-electron chi connectivity index (χ3n) is 1.39. The zero-order valence-electron chi connectivity index (χ0n) is 6.48. The molecule has 0 fully saturated rings. The van der Waals surface area contributed by atoms with Crippen molar-refractivity contribution in [3.8, 4) is 0 Å². The Morgan fingerprint density at radius 2 is 1.92 bits per heavy atom. The third-order valence-corrected chi connectivity index (χ3v) is 2.30. The van der Waals surface area contributed by atoms with Gasteiger partial charge in [-0.05, 0) is 15.9 Å². The molecule has 0 bridgehead atoms. The molecular weight excluding hydrogens is 244 g/mol. The van der Waals surface area contributed by atoms with Gasteiger partial charge < -0.3 is 10.2 Å². The first-order chi connectivity index (χ1) is 5.95. The molecule has 0 radical (unpaired) electrons. The van der Waals surface area contributed by atoms with Crippen LogP contribution >= 0.6 is 15.9 Å². The molecule has 0 aliphatic rings. The second kappa shape index (κ2) is 3.17. The van der Waals surface area contributed by atoms with Crippen molar-refractivity contribution in [2.24, 2.45) is 7.05 Å². The van der Waals surface area contributed by atoms with Gasteiger partial charge in [0, 0.05) is 7.05 Å². The van der Waals surface area contributed by atoms with Crippen LogP contribution in [-0.2, 0) is 7.05 Å². The van der Waals surface area contributed by atoms with Gasteiger partial charge in [-0.1, -0.05) is 0 Å². The largest absolute Gasteiger partial charge is 0.478 e. The van der Waals surface area contributed by atoms with Gasteiger partial charge in [0.1, 0.15) is 10.2 Å².